The summed E-state index contributed by atoms with van der Waals surface area (Å²) in [5.41, 5.74) is 2.41. The number of cyclic esters (lactones) is 1. The number of ether oxygens (including phenoxy) is 1. The maximum atomic E-state index is 11.3. The molecule has 14 heavy (non-hydrogen) atoms. The maximum Gasteiger partial charge on any atom is 0.337 e. The lowest BCUT2D eigenvalue weighted by molar-refractivity contribution is -0.136. The summed E-state index contributed by atoms with van der Waals surface area (Å²) >= 11 is 4.25. The molecule has 1 unspecified atom stereocenters. The first-order valence-electron chi connectivity index (χ1n) is 4.11. The molecular weight excluding hydrogens is 200 g/mol. The molecule has 0 aromatic carbocycles. The maximum absolute atomic E-state index is 11.3. The lowest BCUT2D eigenvalue weighted by Gasteiger charge is -2.20. The van der Waals surface area contributed by atoms with Crippen LogP contribution in [0.2, 0.25) is 0 Å². The van der Waals surface area contributed by atoms with Crippen LogP contribution in [-0.2, 0) is 9.53 Å². The molecule has 2 aliphatic heterocycles. The number of hydrogen-bond acceptors (Lipinski definition) is 5. The zero-order valence-electron chi connectivity index (χ0n) is 7.50. The monoisotopic (exact) mass is 208 g/mol. The molecular formula is C9H8N2O2S. The second-order valence-corrected chi connectivity index (χ2v) is 3.66. The molecule has 0 aromatic rings. The van der Waals surface area contributed by atoms with Crippen LogP contribution in [0.3, 0.4) is 0 Å². The Morgan fingerprint density at radius 1 is 1.71 bits per heavy atom. The molecule has 0 spiro atoms. The van der Waals surface area contributed by atoms with E-state index in [-0.39, 0.29) is 12.6 Å². The molecule has 0 saturated carbocycles. The fourth-order valence-corrected chi connectivity index (χ4v) is 2.10. The average molecular weight is 208 g/mol. The molecule has 4 nitrogen and oxygen atoms in total. The Hall–Kier alpha value is -1.41. The van der Waals surface area contributed by atoms with Gasteiger partial charge in [-0.25, -0.2) is 4.79 Å². The summed E-state index contributed by atoms with van der Waals surface area (Å²) in [6.07, 6.45) is 0. The summed E-state index contributed by atoms with van der Waals surface area (Å²) < 4.78 is 4.85. The van der Waals surface area contributed by atoms with Crippen molar-refractivity contribution in [3.8, 4) is 6.07 Å². The van der Waals surface area contributed by atoms with E-state index in [1.807, 2.05) is 6.07 Å². The van der Waals surface area contributed by atoms with Gasteiger partial charge < -0.3 is 10.1 Å². The number of esters is 1. The van der Waals surface area contributed by atoms with Crippen molar-refractivity contribution in [1.29, 1.82) is 5.26 Å². The molecule has 72 valence electrons. The molecule has 5 heteroatoms. The van der Waals surface area contributed by atoms with E-state index in [1.54, 1.807) is 6.92 Å². The molecule has 0 bridgehead atoms. The zero-order chi connectivity index (χ0) is 10.3. The van der Waals surface area contributed by atoms with Gasteiger partial charge in [0.1, 0.15) is 6.61 Å². The summed E-state index contributed by atoms with van der Waals surface area (Å²) in [6, 6.07) is 2.04. The average Bonchev–Trinajstić information content (AvgIpc) is 2.48. The van der Waals surface area contributed by atoms with E-state index in [1.165, 1.54) is 0 Å². The van der Waals surface area contributed by atoms with Gasteiger partial charge in [-0.2, -0.15) is 17.9 Å². The number of allylic oxidation sites excluding steroid dienone is 1. The first kappa shape index (κ1) is 9.16. The van der Waals surface area contributed by atoms with Crippen LogP contribution >= 0.6 is 12.6 Å². The van der Waals surface area contributed by atoms with Crippen molar-refractivity contribution in [3.05, 3.63) is 22.5 Å². The summed E-state index contributed by atoms with van der Waals surface area (Å²) in [5.74, 6) is -0.382. The third-order valence-electron chi connectivity index (χ3n) is 2.30. The number of hydrogen-bond donors (Lipinski definition) is 2. The minimum absolute atomic E-state index is 0.251. The molecule has 0 radical (unpaired) electrons. The van der Waals surface area contributed by atoms with Crippen molar-refractivity contribution in [2.75, 3.05) is 6.61 Å². The molecule has 1 N–H and O–H groups in total. The molecule has 1 atom stereocenters. The third kappa shape index (κ3) is 1.11. The summed E-state index contributed by atoms with van der Waals surface area (Å²) in [7, 11) is 0. The van der Waals surface area contributed by atoms with E-state index in [9.17, 15) is 4.79 Å². The second kappa shape index (κ2) is 3.07. The summed E-state index contributed by atoms with van der Waals surface area (Å²) in [5, 5.41) is 11.4. The third-order valence-corrected chi connectivity index (χ3v) is 2.82. The van der Waals surface area contributed by atoms with Crippen LogP contribution in [0.25, 0.3) is 0 Å². The summed E-state index contributed by atoms with van der Waals surface area (Å²) in [4.78, 5) is 11.3. The van der Waals surface area contributed by atoms with E-state index < -0.39 is 5.25 Å². The van der Waals surface area contributed by atoms with E-state index >= 15 is 0 Å². The molecule has 0 fully saturated rings. The minimum Gasteiger partial charge on any atom is -0.456 e. The van der Waals surface area contributed by atoms with Crippen LogP contribution in [-0.4, -0.2) is 17.8 Å². The fourth-order valence-electron chi connectivity index (χ4n) is 1.58. The van der Waals surface area contributed by atoms with Crippen LogP contribution in [0.4, 0.5) is 0 Å². The predicted octanol–water partition coefficient (Wildman–Crippen LogP) is 0.496. The van der Waals surface area contributed by atoms with Gasteiger partial charge >= 0.3 is 5.97 Å². The standard InChI is InChI=1S/C9H8N2O2S/c1-4-5(2-10)8(14)7-6(11-4)3-13-9(7)12/h8,11,14H,3H2,1H3. The van der Waals surface area contributed by atoms with E-state index in [2.05, 4.69) is 17.9 Å². The first-order valence-corrected chi connectivity index (χ1v) is 4.63. The lowest BCUT2D eigenvalue weighted by atomic mass is 9.99. The smallest absolute Gasteiger partial charge is 0.337 e. The van der Waals surface area contributed by atoms with Gasteiger partial charge in [0.25, 0.3) is 0 Å². The largest absolute Gasteiger partial charge is 0.456 e. The first-order chi connectivity index (χ1) is 6.65. The van der Waals surface area contributed by atoms with Gasteiger partial charge in [-0.15, -0.1) is 0 Å². The number of nitrogens with one attached hydrogen (secondary N) is 1. The van der Waals surface area contributed by atoms with Crippen molar-refractivity contribution >= 4 is 18.6 Å². The van der Waals surface area contributed by atoms with Crippen LogP contribution in [0, 0.1) is 11.3 Å². The lowest BCUT2D eigenvalue weighted by Crippen LogP contribution is -2.26. The van der Waals surface area contributed by atoms with Crippen LogP contribution in [0.1, 0.15) is 6.92 Å². The van der Waals surface area contributed by atoms with Crippen molar-refractivity contribution in [2.45, 2.75) is 12.2 Å². The Morgan fingerprint density at radius 2 is 2.43 bits per heavy atom. The van der Waals surface area contributed by atoms with Crippen molar-refractivity contribution < 1.29 is 9.53 Å². The summed E-state index contributed by atoms with van der Waals surface area (Å²) in [6.45, 7) is 2.04. The predicted molar refractivity (Wildman–Crippen MR) is 52.2 cm³/mol. The van der Waals surface area contributed by atoms with Crippen molar-refractivity contribution in [3.63, 3.8) is 0 Å². The highest BCUT2D eigenvalue weighted by atomic mass is 32.1. The Bertz CT molecular complexity index is 417. The molecule has 0 amide bonds. The minimum atomic E-state index is -0.453. The Kier molecular flexibility index (Phi) is 2.01. The van der Waals surface area contributed by atoms with E-state index in [4.69, 9.17) is 10.00 Å². The van der Waals surface area contributed by atoms with Gasteiger partial charge in [-0.3, -0.25) is 0 Å². The van der Waals surface area contributed by atoms with Crippen LogP contribution in [0.15, 0.2) is 22.5 Å². The second-order valence-electron chi connectivity index (χ2n) is 3.15. The van der Waals surface area contributed by atoms with E-state index in [0.29, 0.717) is 11.1 Å². The normalized spacial score (nSPS) is 25.5. The van der Waals surface area contributed by atoms with Crippen LogP contribution in [0.5, 0.6) is 0 Å². The number of nitrogens with zero attached hydrogens (tertiary/aromatic N) is 1. The SMILES string of the molecule is CC1=C(C#N)C(S)C2=C(COC2=O)N1. The number of thiol groups is 1. The molecule has 0 saturated heterocycles. The number of rotatable bonds is 0. The molecule has 2 heterocycles. The highest BCUT2D eigenvalue weighted by Gasteiger charge is 2.36. The van der Waals surface area contributed by atoms with Gasteiger partial charge in [0.2, 0.25) is 0 Å². The topological polar surface area (TPSA) is 62.1 Å². The molecule has 0 aromatic heterocycles. The van der Waals surface area contributed by atoms with Gasteiger partial charge in [-0.1, -0.05) is 0 Å². The highest BCUT2D eigenvalue weighted by molar-refractivity contribution is 7.81. The highest BCUT2D eigenvalue weighted by Crippen LogP contribution is 2.31. The van der Waals surface area contributed by atoms with Crippen LogP contribution < -0.4 is 5.32 Å². The molecule has 0 aliphatic carbocycles. The van der Waals surface area contributed by atoms with Crippen molar-refractivity contribution in [2.24, 2.45) is 0 Å². The molecule has 2 aliphatic rings. The van der Waals surface area contributed by atoms with Gasteiger partial charge in [0.15, 0.2) is 0 Å². The Morgan fingerprint density at radius 3 is 3.07 bits per heavy atom. The number of dihydropyridines is 1. The number of nitriles is 1. The quantitative estimate of drug-likeness (QED) is 0.449. The van der Waals surface area contributed by atoms with Gasteiger partial charge in [-0.05, 0) is 6.92 Å². The Balaban J connectivity index is 2.44. The van der Waals surface area contributed by atoms with Gasteiger partial charge in [0.05, 0.1) is 28.2 Å². The number of carbonyl (C=O) groups excluding carboxylic acids is 1. The fraction of sp³-hybridized carbons (Fsp3) is 0.333. The Labute approximate surface area is 86.6 Å². The zero-order valence-corrected chi connectivity index (χ0v) is 8.39. The number of carbonyl (C=O) groups is 1. The van der Waals surface area contributed by atoms with Crippen molar-refractivity contribution in [1.82, 2.24) is 5.32 Å². The van der Waals surface area contributed by atoms with Gasteiger partial charge in [0, 0.05) is 5.70 Å². The molecule has 2 rings (SSSR count). The van der Waals surface area contributed by atoms with E-state index in [0.717, 1.165) is 11.4 Å².